The van der Waals surface area contributed by atoms with Crippen LogP contribution in [0.2, 0.25) is 0 Å². The summed E-state index contributed by atoms with van der Waals surface area (Å²) >= 11 is 0. The van der Waals surface area contributed by atoms with Gasteiger partial charge in [0.25, 0.3) is 0 Å². The molecule has 1 fully saturated rings. The molecule has 1 heterocycles. The van der Waals surface area contributed by atoms with Crippen LogP contribution in [0.3, 0.4) is 0 Å². The molecular weight excluding hydrogens is 282 g/mol. The first-order chi connectivity index (χ1) is 11.0. The molecule has 3 N–H and O–H groups in total. The van der Waals surface area contributed by atoms with Crippen LogP contribution in [0.25, 0.3) is 0 Å². The van der Waals surface area contributed by atoms with E-state index in [1.54, 1.807) is 0 Å². The van der Waals surface area contributed by atoms with Crippen LogP contribution < -0.4 is 16.0 Å². The monoisotopic (exact) mass is 319 g/mol. The van der Waals surface area contributed by atoms with Crippen molar-refractivity contribution in [2.45, 2.75) is 65.3 Å². The summed E-state index contributed by atoms with van der Waals surface area (Å²) in [6.45, 7) is 13.6. The molecule has 0 aromatic rings. The number of hydrogen-bond donors (Lipinski definition) is 3. The average Bonchev–Trinajstić information content (AvgIpc) is 2.56. The van der Waals surface area contributed by atoms with Gasteiger partial charge in [-0.05, 0) is 70.4 Å². The molecule has 0 aromatic carbocycles. The third-order valence-corrected chi connectivity index (χ3v) is 5.92. The summed E-state index contributed by atoms with van der Waals surface area (Å²) < 4.78 is 0. The van der Waals surface area contributed by atoms with Crippen LogP contribution in [-0.4, -0.2) is 26.2 Å². The molecule has 3 nitrogen and oxygen atoms in total. The fourth-order valence-corrected chi connectivity index (χ4v) is 4.58. The minimum Gasteiger partial charge on any atom is -0.390 e. The molecule has 1 unspecified atom stereocenters. The molecule has 2 rings (SSSR count). The van der Waals surface area contributed by atoms with E-state index in [1.807, 2.05) is 0 Å². The van der Waals surface area contributed by atoms with Crippen LogP contribution in [0.5, 0.6) is 0 Å². The lowest BCUT2D eigenvalue weighted by Gasteiger charge is -2.43. The first kappa shape index (κ1) is 18.4. The fourth-order valence-electron chi connectivity index (χ4n) is 4.58. The predicted octanol–water partition coefficient (Wildman–Crippen LogP) is 3.80. The number of hydrogen-bond acceptors (Lipinski definition) is 3. The van der Waals surface area contributed by atoms with Gasteiger partial charge in [0.05, 0.1) is 0 Å². The summed E-state index contributed by atoms with van der Waals surface area (Å²) in [6, 6.07) is 0.524. The van der Waals surface area contributed by atoms with Crippen LogP contribution >= 0.6 is 0 Å². The van der Waals surface area contributed by atoms with Gasteiger partial charge in [0, 0.05) is 29.9 Å². The number of nitrogens with one attached hydrogen (secondary N) is 3. The Kier molecular flexibility index (Phi) is 6.58. The first-order valence-corrected chi connectivity index (χ1v) is 9.56. The van der Waals surface area contributed by atoms with Crippen molar-refractivity contribution in [3.63, 3.8) is 0 Å². The lowest BCUT2D eigenvalue weighted by Crippen LogP contribution is -2.43. The molecule has 1 aliphatic carbocycles. The molecule has 2 aliphatic rings. The topological polar surface area (TPSA) is 36.1 Å². The number of rotatable bonds is 7. The van der Waals surface area contributed by atoms with Gasteiger partial charge in [-0.25, -0.2) is 0 Å². The largest absolute Gasteiger partial charge is 0.390 e. The second-order valence-corrected chi connectivity index (χ2v) is 7.81. The predicted molar refractivity (Wildman–Crippen MR) is 100 cm³/mol. The zero-order valence-electron chi connectivity index (χ0n) is 15.7. The van der Waals surface area contributed by atoms with E-state index in [4.69, 9.17) is 0 Å². The summed E-state index contributed by atoms with van der Waals surface area (Å²) in [5, 5.41) is 10.9. The fraction of sp³-hybridized carbons (Fsp3) is 0.800. The van der Waals surface area contributed by atoms with Crippen molar-refractivity contribution in [2.75, 3.05) is 20.1 Å². The maximum absolute atomic E-state index is 4.19. The Hall–Kier alpha value is -0.960. The zero-order valence-corrected chi connectivity index (χ0v) is 15.7. The van der Waals surface area contributed by atoms with E-state index in [0.717, 1.165) is 18.8 Å². The van der Waals surface area contributed by atoms with Crippen molar-refractivity contribution in [2.24, 2.45) is 17.3 Å². The van der Waals surface area contributed by atoms with E-state index in [9.17, 15) is 0 Å². The van der Waals surface area contributed by atoms with Gasteiger partial charge < -0.3 is 16.0 Å². The maximum atomic E-state index is 4.19. The van der Waals surface area contributed by atoms with E-state index in [0.29, 0.717) is 12.0 Å². The van der Waals surface area contributed by atoms with Gasteiger partial charge in [0.15, 0.2) is 0 Å². The Morgan fingerprint density at radius 1 is 1.39 bits per heavy atom. The number of piperidine rings is 1. The SMILES string of the molecule is C=C[C@]1(CC)CC(C)CC(NC)=C1N[C@@H](C)CC1CCNCC1. The third-order valence-electron chi connectivity index (χ3n) is 5.92. The highest BCUT2D eigenvalue weighted by Crippen LogP contribution is 2.45. The van der Waals surface area contributed by atoms with Gasteiger partial charge in [-0.2, -0.15) is 0 Å². The quantitative estimate of drug-likeness (QED) is 0.625. The molecule has 132 valence electrons. The summed E-state index contributed by atoms with van der Waals surface area (Å²) in [5.41, 5.74) is 2.91. The molecule has 0 bridgehead atoms. The van der Waals surface area contributed by atoms with Crippen molar-refractivity contribution in [3.05, 3.63) is 24.0 Å². The van der Waals surface area contributed by atoms with E-state index >= 15 is 0 Å². The van der Waals surface area contributed by atoms with Crippen LogP contribution in [0.4, 0.5) is 0 Å². The lowest BCUT2D eigenvalue weighted by atomic mass is 9.69. The van der Waals surface area contributed by atoms with E-state index in [1.165, 1.54) is 50.2 Å². The average molecular weight is 320 g/mol. The normalized spacial score (nSPS) is 30.9. The van der Waals surface area contributed by atoms with Gasteiger partial charge in [-0.3, -0.25) is 0 Å². The van der Waals surface area contributed by atoms with Crippen LogP contribution in [0.15, 0.2) is 24.0 Å². The van der Waals surface area contributed by atoms with Crippen LogP contribution in [0, 0.1) is 17.3 Å². The minimum atomic E-state index is 0.110. The smallest absolute Gasteiger partial charge is 0.0402 e. The van der Waals surface area contributed by atoms with Crippen LogP contribution in [-0.2, 0) is 0 Å². The zero-order chi connectivity index (χ0) is 16.9. The highest BCUT2D eigenvalue weighted by atomic mass is 15.0. The maximum Gasteiger partial charge on any atom is 0.0402 e. The molecule has 0 spiro atoms. The first-order valence-electron chi connectivity index (χ1n) is 9.56. The molecule has 0 aromatic heterocycles. The Bertz CT molecular complexity index is 423. The highest BCUT2D eigenvalue weighted by Gasteiger charge is 2.38. The Balaban J connectivity index is 2.12. The summed E-state index contributed by atoms with van der Waals surface area (Å²) in [5.74, 6) is 1.57. The van der Waals surface area contributed by atoms with Gasteiger partial charge in [-0.15, -0.1) is 6.58 Å². The number of allylic oxidation sites excluding steroid dienone is 2. The van der Waals surface area contributed by atoms with Gasteiger partial charge >= 0.3 is 0 Å². The molecule has 0 saturated carbocycles. The van der Waals surface area contributed by atoms with Gasteiger partial charge in [-0.1, -0.05) is 19.9 Å². The Labute approximate surface area is 143 Å². The van der Waals surface area contributed by atoms with Crippen molar-refractivity contribution in [1.82, 2.24) is 16.0 Å². The molecule has 23 heavy (non-hydrogen) atoms. The van der Waals surface area contributed by atoms with Crippen molar-refractivity contribution in [3.8, 4) is 0 Å². The second kappa shape index (κ2) is 8.23. The minimum absolute atomic E-state index is 0.110. The Morgan fingerprint density at radius 3 is 2.65 bits per heavy atom. The lowest BCUT2D eigenvalue weighted by molar-refractivity contribution is 0.260. The summed E-state index contributed by atoms with van der Waals surface area (Å²) in [6.07, 6.45) is 9.58. The second-order valence-electron chi connectivity index (χ2n) is 7.81. The molecule has 3 atom stereocenters. The molecule has 1 aliphatic heterocycles. The highest BCUT2D eigenvalue weighted by molar-refractivity contribution is 5.28. The molecule has 0 radical (unpaired) electrons. The van der Waals surface area contributed by atoms with Crippen molar-refractivity contribution in [1.29, 1.82) is 0 Å². The molecule has 3 heteroatoms. The van der Waals surface area contributed by atoms with Crippen molar-refractivity contribution >= 4 is 0 Å². The van der Waals surface area contributed by atoms with Gasteiger partial charge in [0.2, 0.25) is 0 Å². The van der Waals surface area contributed by atoms with Crippen LogP contribution in [0.1, 0.15) is 59.3 Å². The van der Waals surface area contributed by atoms with E-state index < -0.39 is 0 Å². The molecular formula is C20H37N3. The Morgan fingerprint density at radius 2 is 2.09 bits per heavy atom. The standard InChI is InChI=1S/C20H37N3/c1-6-20(7-2)14-15(3)12-18(21-5)19(20)23-16(4)13-17-8-10-22-11-9-17/h6,15-17,21-23H,1,7-14H2,2-5H3/t15?,16-,20-/m0/s1. The summed E-state index contributed by atoms with van der Waals surface area (Å²) in [4.78, 5) is 0. The van der Waals surface area contributed by atoms with E-state index in [-0.39, 0.29) is 5.41 Å². The van der Waals surface area contributed by atoms with Gasteiger partial charge in [0.1, 0.15) is 0 Å². The van der Waals surface area contributed by atoms with E-state index in [2.05, 4.69) is 56.4 Å². The molecule has 0 amide bonds. The van der Waals surface area contributed by atoms with Crippen molar-refractivity contribution < 1.29 is 0 Å². The summed E-state index contributed by atoms with van der Waals surface area (Å²) in [7, 11) is 2.07. The third kappa shape index (κ3) is 4.32. The molecule has 1 saturated heterocycles.